The molecule has 0 aliphatic carbocycles. The number of aliphatic hydroxyl groups excluding tert-OH is 1. The molecule has 2 N–H and O–H groups in total. The largest absolute Gasteiger partial charge is 0.479 e. The second-order valence-corrected chi connectivity index (χ2v) is 7.12. The lowest BCUT2D eigenvalue weighted by atomic mass is 10.0. The second kappa shape index (κ2) is 14.9. The van der Waals surface area contributed by atoms with Crippen molar-refractivity contribution in [1.82, 2.24) is 0 Å². The molecule has 142 valence electrons. The molecule has 0 spiro atoms. The molecule has 0 saturated carbocycles. The summed E-state index contributed by atoms with van der Waals surface area (Å²) >= 11 is 0. The van der Waals surface area contributed by atoms with Gasteiger partial charge in [-0.25, -0.2) is 4.79 Å². The highest BCUT2D eigenvalue weighted by atomic mass is 16.4. The predicted octanol–water partition coefficient (Wildman–Crippen LogP) is 5.75. The van der Waals surface area contributed by atoms with Gasteiger partial charge in [0.15, 0.2) is 6.10 Å². The van der Waals surface area contributed by atoms with Gasteiger partial charge in [-0.2, -0.15) is 0 Å². The molecular formula is C22H36O3. The van der Waals surface area contributed by atoms with Crippen molar-refractivity contribution in [3.63, 3.8) is 0 Å². The van der Waals surface area contributed by atoms with Crippen molar-refractivity contribution >= 4 is 5.97 Å². The minimum absolute atomic E-state index is 0.388. The van der Waals surface area contributed by atoms with E-state index in [0.29, 0.717) is 6.42 Å². The minimum Gasteiger partial charge on any atom is -0.479 e. The van der Waals surface area contributed by atoms with E-state index in [2.05, 4.69) is 30.3 Å². The van der Waals surface area contributed by atoms with Crippen LogP contribution in [0.5, 0.6) is 0 Å². The number of benzene rings is 1. The molecule has 1 aromatic carbocycles. The van der Waals surface area contributed by atoms with Crippen LogP contribution in [0, 0.1) is 0 Å². The van der Waals surface area contributed by atoms with Crippen molar-refractivity contribution in [3.05, 3.63) is 35.9 Å². The lowest BCUT2D eigenvalue weighted by molar-refractivity contribution is -0.146. The molecule has 3 heteroatoms. The number of carboxylic acids is 1. The van der Waals surface area contributed by atoms with Crippen molar-refractivity contribution in [1.29, 1.82) is 0 Å². The van der Waals surface area contributed by atoms with Gasteiger partial charge in [-0.3, -0.25) is 0 Å². The Balaban J connectivity index is 1.75. The van der Waals surface area contributed by atoms with Crippen LogP contribution >= 0.6 is 0 Å². The first-order valence-electron chi connectivity index (χ1n) is 10.1. The summed E-state index contributed by atoms with van der Waals surface area (Å²) in [4.78, 5) is 10.5. The van der Waals surface area contributed by atoms with E-state index in [1.807, 2.05) is 0 Å². The van der Waals surface area contributed by atoms with Crippen LogP contribution in [0.4, 0.5) is 0 Å². The number of carboxylic acid groups (broad SMARTS) is 1. The summed E-state index contributed by atoms with van der Waals surface area (Å²) in [7, 11) is 0. The van der Waals surface area contributed by atoms with E-state index < -0.39 is 12.1 Å². The van der Waals surface area contributed by atoms with Crippen LogP contribution < -0.4 is 0 Å². The molecule has 0 aromatic heterocycles. The highest BCUT2D eigenvalue weighted by Crippen LogP contribution is 2.14. The third kappa shape index (κ3) is 12.6. The number of aryl methyl sites for hydroxylation is 1. The number of rotatable bonds is 16. The minimum atomic E-state index is -1.17. The fourth-order valence-corrected chi connectivity index (χ4v) is 3.20. The van der Waals surface area contributed by atoms with Crippen LogP contribution in [-0.2, 0) is 11.2 Å². The first-order valence-corrected chi connectivity index (χ1v) is 10.1. The van der Waals surface area contributed by atoms with Crippen molar-refractivity contribution in [2.45, 2.75) is 96.0 Å². The van der Waals surface area contributed by atoms with E-state index in [9.17, 15) is 4.79 Å². The zero-order valence-electron chi connectivity index (χ0n) is 15.7. The van der Waals surface area contributed by atoms with Crippen molar-refractivity contribution < 1.29 is 15.0 Å². The molecule has 1 aromatic rings. The van der Waals surface area contributed by atoms with Gasteiger partial charge in [0, 0.05) is 0 Å². The number of unbranched alkanes of at least 4 members (excludes halogenated alkanes) is 11. The maximum absolute atomic E-state index is 10.5. The molecule has 0 aliphatic rings. The molecule has 0 bridgehead atoms. The van der Waals surface area contributed by atoms with Crippen molar-refractivity contribution in [3.8, 4) is 0 Å². The van der Waals surface area contributed by atoms with Crippen molar-refractivity contribution in [2.75, 3.05) is 0 Å². The average molecular weight is 349 g/mol. The van der Waals surface area contributed by atoms with Gasteiger partial charge in [-0.15, -0.1) is 0 Å². The molecule has 1 rings (SSSR count). The zero-order chi connectivity index (χ0) is 18.2. The van der Waals surface area contributed by atoms with Gasteiger partial charge in [0.2, 0.25) is 0 Å². The Bertz CT molecular complexity index is 430. The molecule has 0 saturated heterocycles. The molecule has 1 unspecified atom stereocenters. The Kier molecular flexibility index (Phi) is 13.0. The first-order chi connectivity index (χ1) is 12.2. The maximum atomic E-state index is 10.5. The molecule has 0 heterocycles. The van der Waals surface area contributed by atoms with Gasteiger partial charge in [-0.1, -0.05) is 101 Å². The Hall–Kier alpha value is -1.35. The monoisotopic (exact) mass is 348 g/mol. The van der Waals surface area contributed by atoms with Gasteiger partial charge < -0.3 is 10.2 Å². The zero-order valence-corrected chi connectivity index (χ0v) is 15.7. The topological polar surface area (TPSA) is 57.5 Å². The van der Waals surface area contributed by atoms with E-state index in [4.69, 9.17) is 10.2 Å². The van der Waals surface area contributed by atoms with E-state index >= 15 is 0 Å². The van der Waals surface area contributed by atoms with Gasteiger partial charge >= 0.3 is 5.97 Å². The van der Waals surface area contributed by atoms with Crippen LogP contribution in [0.25, 0.3) is 0 Å². The Labute approximate surface area is 153 Å². The van der Waals surface area contributed by atoms with Gasteiger partial charge in [-0.05, 0) is 24.8 Å². The lowest BCUT2D eigenvalue weighted by Crippen LogP contribution is -2.18. The quantitative estimate of drug-likeness (QED) is 0.374. The lowest BCUT2D eigenvalue weighted by Gasteiger charge is -2.05. The van der Waals surface area contributed by atoms with Crippen LogP contribution in [0.3, 0.4) is 0 Å². The standard InChI is InChI=1S/C22H36O3/c23-21(22(24)25)19-15-10-8-6-4-2-1-3-5-7-9-12-16-20-17-13-11-14-18-20/h11,13-14,17-18,21,23H,1-10,12,15-16,19H2,(H,24,25). The summed E-state index contributed by atoms with van der Waals surface area (Å²) < 4.78 is 0. The third-order valence-electron chi connectivity index (χ3n) is 4.82. The Morgan fingerprint density at radius 1 is 0.720 bits per heavy atom. The fourth-order valence-electron chi connectivity index (χ4n) is 3.20. The summed E-state index contributed by atoms with van der Waals surface area (Å²) in [5.74, 6) is -1.10. The van der Waals surface area contributed by atoms with Gasteiger partial charge in [0.25, 0.3) is 0 Å². The molecule has 0 radical (unpaired) electrons. The average Bonchev–Trinajstić information content (AvgIpc) is 2.62. The van der Waals surface area contributed by atoms with Crippen LogP contribution in [0.1, 0.15) is 89.0 Å². The summed E-state index contributed by atoms with van der Waals surface area (Å²) in [5.41, 5.74) is 1.46. The van der Waals surface area contributed by atoms with E-state index in [0.717, 1.165) is 19.3 Å². The molecule has 0 fully saturated rings. The van der Waals surface area contributed by atoms with Gasteiger partial charge in [0.1, 0.15) is 0 Å². The van der Waals surface area contributed by atoms with E-state index in [1.54, 1.807) is 0 Å². The smallest absolute Gasteiger partial charge is 0.332 e. The first kappa shape index (κ1) is 21.7. The van der Waals surface area contributed by atoms with E-state index in [1.165, 1.54) is 69.8 Å². The number of aliphatic hydroxyl groups is 1. The summed E-state index contributed by atoms with van der Waals surface area (Å²) in [6.45, 7) is 0. The molecule has 0 amide bonds. The number of hydrogen-bond acceptors (Lipinski definition) is 2. The third-order valence-corrected chi connectivity index (χ3v) is 4.82. The fraction of sp³-hybridized carbons (Fsp3) is 0.682. The Morgan fingerprint density at radius 2 is 1.16 bits per heavy atom. The maximum Gasteiger partial charge on any atom is 0.332 e. The molecule has 1 atom stereocenters. The summed E-state index contributed by atoms with van der Waals surface area (Å²) in [6, 6.07) is 10.7. The number of carbonyl (C=O) groups is 1. The molecular weight excluding hydrogens is 312 g/mol. The molecule has 3 nitrogen and oxygen atoms in total. The Morgan fingerprint density at radius 3 is 1.64 bits per heavy atom. The van der Waals surface area contributed by atoms with Gasteiger partial charge in [0.05, 0.1) is 0 Å². The van der Waals surface area contributed by atoms with Crippen LogP contribution in [-0.4, -0.2) is 22.3 Å². The SMILES string of the molecule is O=C(O)C(O)CCCCCCCCCCCCCCc1ccccc1. The normalized spacial score (nSPS) is 12.2. The summed E-state index contributed by atoms with van der Waals surface area (Å²) in [6.07, 6.45) is 15.4. The molecule has 25 heavy (non-hydrogen) atoms. The number of hydrogen-bond donors (Lipinski definition) is 2. The van der Waals surface area contributed by atoms with Crippen molar-refractivity contribution in [2.24, 2.45) is 0 Å². The van der Waals surface area contributed by atoms with Crippen LogP contribution in [0.2, 0.25) is 0 Å². The molecule has 0 aliphatic heterocycles. The summed E-state index contributed by atoms with van der Waals surface area (Å²) in [5, 5.41) is 17.7. The highest BCUT2D eigenvalue weighted by Gasteiger charge is 2.11. The van der Waals surface area contributed by atoms with Crippen LogP contribution in [0.15, 0.2) is 30.3 Å². The number of aliphatic carboxylic acids is 1. The van der Waals surface area contributed by atoms with E-state index in [-0.39, 0.29) is 0 Å². The predicted molar refractivity (Wildman–Crippen MR) is 104 cm³/mol. The second-order valence-electron chi connectivity index (χ2n) is 7.12. The highest BCUT2D eigenvalue weighted by molar-refractivity contribution is 5.71.